The Kier molecular flexibility index (Phi) is 4.31. The van der Waals surface area contributed by atoms with Gasteiger partial charge in [-0.2, -0.15) is 0 Å². The van der Waals surface area contributed by atoms with E-state index in [0.29, 0.717) is 13.0 Å². The first-order valence-corrected chi connectivity index (χ1v) is 8.44. The van der Waals surface area contributed by atoms with Crippen LogP contribution in [0.4, 0.5) is 10.1 Å². The van der Waals surface area contributed by atoms with Crippen LogP contribution in [0.1, 0.15) is 17.5 Å². The summed E-state index contributed by atoms with van der Waals surface area (Å²) in [5.41, 5.74) is 2.88. The summed E-state index contributed by atoms with van der Waals surface area (Å²) in [7, 11) is 0. The van der Waals surface area contributed by atoms with Crippen molar-refractivity contribution < 1.29 is 9.18 Å². The standard InChI is InChI=1S/C16H12BrFINO/c17-14-4-2-12(18)7-11(14)9-20-15-5-3-13(19)8-10(15)1-6-16(20)21/h2-5,7-8H,1,6,9H2. The van der Waals surface area contributed by atoms with Crippen LogP contribution in [0.15, 0.2) is 40.9 Å². The van der Waals surface area contributed by atoms with E-state index in [2.05, 4.69) is 44.6 Å². The minimum atomic E-state index is -0.291. The smallest absolute Gasteiger partial charge is 0.227 e. The van der Waals surface area contributed by atoms with Crippen molar-refractivity contribution in [1.29, 1.82) is 0 Å². The predicted octanol–water partition coefficient (Wildman–Crippen LogP) is 4.67. The van der Waals surface area contributed by atoms with E-state index >= 15 is 0 Å². The van der Waals surface area contributed by atoms with Gasteiger partial charge in [-0.3, -0.25) is 4.79 Å². The first kappa shape index (κ1) is 15.0. The molecule has 2 nitrogen and oxygen atoms in total. The molecule has 3 rings (SSSR count). The number of rotatable bonds is 2. The fourth-order valence-corrected chi connectivity index (χ4v) is 3.46. The second-order valence-corrected chi connectivity index (χ2v) is 7.09. The van der Waals surface area contributed by atoms with Gasteiger partial charge < -0.3 is 4.90 Å². The summed E-state index contributed by atoms with van der Waals surface area (Å²) in [6, 6.07) is 10.6. The molecule has 1 aliphatic rings. The zero-order valence-electron chi connectivity index (χ0n) is 11.1. The maximum Gasteiger partial charge on any atom is 0.227 e. The Labute approximate surface area is 144 Å². The van der Waals surface area contributed by atoms with E-state index in [1.54, 1.807) is 11.0 Å². The van der Waals surface area contributed by atoms with Gasteiger partial charge in [-0.15, -0.1) is 0 Å². The number of anilines is 1. The van der Waals surface area contributed by atoms with Crippen molar-refractivity contribution in [3.05, 3.63) is 61.4 Å². The molecule has 0 aromatic heterocycles. The van der Waals surface area contributed by atoms with Gasteiger partial charge in [0, 0.05) is 20.2 Å². The van der Waals surface area contributed by atoms with Crippen molar-refractivity contribution >= 4 is 50.1 Å². The fraction of sp³-hybridized carbons (Fsp3) is 0.188. The third kappa shape index (κ3) is 3.13. The van der Waals surface area contributed by atoms with Gasteiger partial charge >= 0.3 is 0 Å². The van der Waals surface area contributed by atoms with Crippen LogP contribution in [0.25, 0.3) is 0 Å². The highest BCUT2D eigenvalue weighted by molar-refractivity contribution is 14.1. The van der Waals surface area contributed by atoms with Gasteiger partial charge in [0.05, 0.1) is 6.54 Å². The molecule has 0 radical (unpaired) electrons. The van der Waals surface area contributed by atoms with E-state index in [-0.39, 0.29) is 11.7 Å². The SMILES string of the molecule is O=C1CCc2cc(I)ccc2N1Cc1cc(F)ccc1Br. The van der Waals surface area contributed by atoms with E-state index in [4.69, 9.17) is 0 Å². The lowest BCUT2D eigenvalue weighted by molar-refractivity contribution is -0.119. The normalized spacial score (nSPS) is 14.2. The quantitative estimate of drug-likeness (QED) is 0.597. The molecule has 5 heteroatoms. The van der Waals surface area contributed by atoms with E-state index in [0.717, 1.165) is 25.7 Å². The van der Waals surface area contributed by atoms with Gasteiger partial charge in [0.2, 0.25) is 5.91 Å². The Bertz CT molecular complexity index is 719. The van der Waals surface area contributed by atoms with Crippen LogP contribution in [0.5, 0.6) is 0 Å². The molecule has 2 aromatic rings. The van der Waals surface area contributed by atoms with Crippen molar-refractivity contribution in [2.45, 2.75) is 19.4 Å². The number of fused-ring (bicyclic) bond motifs is 1. The third-order valence-corrected chi connectivity index (χ3v) is 5.02. The zero-order valence-corrected chi connectivity index (χ0v) is 14.8. The van der Waals surface area contributed by atoms with Crippen molar-refractivity contribution in [3.63, 3.8) is 0 Å². The largest absolute Gasteiger partial charge is 0.308 e. The van der Waals surface area contributed by atoms with Gasteiger partial charge in [-0.1, -0.05) is 15.9 Å². The highest BCUT2D eigenvalue weighted by Gasteiger charge is 2.24. The highest BCUT2D eigenvalue weighted by atomic mass is 127. The molecule has 0 saturated carbocycles. The number of nitrogens with zero attached hydrogens (tertiary/aromatic N) is 1. The number of halogens is 3. The molecule has 1 amide bonds. The summed E-state index contributed by atoms with van der Waals surface area (Å²) >= 11 is 5.69. The number of benzene rings is 2. The molecular weight excluding hydrogens is 448 g/mol. The molecule has 21 heavy (non-hydrogen) atoms. The molecule has 0 aliphatic carbocycles. The minimum Gasteiger partial charge on any atom is -0.308 e. The highest BCUT2D eigenvalue weighted by Crippen LogP contribution is 2.31. The number of carbonyl (C=O) groups excluding carboxylic acids is 1. The predicted molar refractivity (Wildman–Crippen MR) is 92.8 cm³/mol. The van der Waals surface area contributed by atoms with Gasteiger partial charge in [0.15, 0.2) is 0 Å². The average Bonchev–Trinajstić information content (AvgIpc) is 2.45. The first-order valence-electron chi connectivity index (χ1n) is 6.57. The second-order valence-electron chi connectivity index (χ2n) is 4.99. The Morgan fingerprint density at radius 1 is 1.19 bits per heavy atom. The molecule has 0 saturated heterocycles. The van der Waals surface area contributed by atoms with Gasteiger partial charge in [0.1, 0.15) is 5.82 Å². The summed E-state index contributed by atoms with van der Waals surface area (Å²) in [5, 5.41) is 0. The molecule has 0 spiro atoms. The summed E-state index contributed by atoms with van der Waals surface area (Å²) < 4.78 is 15.4. The van der Waals surface area contributed by atoms with Crippen LogP contribution in [0, 0.1) is 9.39 Å². The number of carbonyl (C=O) groups is 1. The average molecular weight is 460 g/mol. The maximum absolute atomic E-state index is 13.4. The van der Waals surface area contributed by atoms with Crippen LogP contribution in [0.3, 0.4) is 0 Å². The lowest BCUT2D eigenvalue weighted by Gasteiger charge is -2.30. The van der Waals surface area contributed by atoms with Gasteiger partial charge in [-0.25, -0.2) is 4.39 Å². The number of hydrogen-bond acceptors (Lipinski definition) is 1. The number of amides is 1. The van der Waals surface area contributed by atoms with Crippen LogP contribution < -0.4 is 4.90 Å². The molecule has 1 aliphatic heterocycles. The lowest BCUT2D eigenvalue weighted by Crippen LogP contribution is -2.34. The van der Waals surface area contributed by atoms with Crippen molar-refractivity contribution in [3.8, 4) is 0 Å². The molecular formula is C16H12BrFINO. The summed E-state index contributed by atoms with van der Waals surface area (Å²) in [6.45, 7) is 0.380. The molecule has 1 heterocycles. The first-order chi connectivity index (χ1) is 10.0. The molecule has 108 valence electrons. The second kappa shape index (κ2) is 6.04. The van der Waals surface area contributed by atoms with Gasteiger partial charge in [0.25, 0.3) is 0 Å². The van der Waals surface area contributed by atoms with Crippen molar-refractivity contribution in [2.24, 2.45) is 0 Å². The van der Waals surface area contributed by atoms with E-state index < -0.39 is 0 Å². The van der Waals surface area contributed by atoms with Crippen molar-refractivity contribution in [1.82, 2.24) is 0 Å². The molecule has 2 aromatic carbocycles. The monoisotopic (exact) mass is 459 g/mol. The molecule has 0 atom stereocenters. The third-order valence-electron chi connectivity index (χ3n) is 3.58. The minimum absolute atomic E-state index is 0.0832. The Morgan fingerprint density at radius 2 is 2.00 bits per heavy atom. The van der Waals surface area contributed by atoms with E-state index in [9.17, 15) is 9.18 Å². The van der Waals surface area contributed by atoms with Gasteiger partial charge in [-0.05, 0) is 76.5 Å². The molecule has 0 bridgehead atoms. The Balaban J connectivity index is 1.98. The maximum atomic E-state index is 13.4. The van der Waals surface area contributed by atoms with Crippen LogP contribution in [0.2, 0.25) is 0 Å². The zero-order chi connectivity index (χ0) is 15.0. The van der Waals surface area contributed by atoms with Crippen LogP contribution in [-0.4, -0.2) is 5.91 Å². The van der Waals surface area contributed by atoms with Crippen molar-refractivity contribution in [2.75, 3.05) is 4.90 Å². The molecule has 0 N–H and O–H groups in total. The van der Waals surface area contributed by atoms with E-state index in [1.165, 1.54) is 17.7 Å². The Morgan fingerprint density at radius 3 is 2.81 bits per heavy atom. The summed E-state index contributed by atoms with van der Waals surface area (Å²) in [5.74, 6) is -0.208. The summed E-state index contributed by atoms with van der Waals surface area (Å²) in [4.78, 5) is 14.0. The molecule has 0 fully saturated rings. The van der Waals surface area contributed by atoms with E-state index in [1.807, 2.05) is 12.1 Å². The van der Waals surface area contributed by atoms with Crippen LogP contribution in [-0.2, 0) is 17.8 Å². The Hall–Kier alpha value is -0.950. The topological polar surface area (TPSA) is 20.3 Å². The summed E-state index contributed by atoms with van der Waals surface area (Å²) in [6.07, 6.45) is 1.27. The number of hydrogen-bond donors (Lipinski definition) is 0. The molecule has 0 unspecified atom stereocenters. The fourth-order valence-electron chi connectivity index (χ4n) is 2.54. The lowest BCUT2D eigenvalue weighted by atomic mass is 10.0. The number of aryl methyl sites for hydroxylation is 1. The van der Waals surface area contributed by atoms with Crippen LogP contribution >= 0.6 is 38.5 Å².